The van der Waals surface area contributed by atoms with Crippen molar-refractivity contribution in [2.75, 3.05) is 37.0 Å². The monoisotopic (exact) mass is 327 g/mol. The molecular weight excluding hydrogens is 302 g/mol. The summed E-state index contributed by atoms with van der Waals surface area (Å²) in [4.78, 5) is 15.3. The average molecular weight is 327 g/mol. The summed E-state index contributed by atoms with van der Waals surface area (Å²) in [5.41, 5.74) is 2.24. The van der Waals surface area contributed by atoms with Gasteiger partial charge in [0.05, 0.1) is 6.10 Å². The molecule has 3 rings (SSSR count). The Kier molecular flexibility index (Phi) is 5.59. The number of ether oxygens (including phenoxy) is 1. The molecule has 6 nitrogen and oxygen atoms in total. The van der Waals surface area contributed by atoms with Crippen molar-refractivity contribution in [3.63, 3.8) is 0 Å². The molecule has 0 aromatic carbocycles. The summed E-state index contributed by atoms with van der Waals surface area (Å²) in [5, 5.41) is 3.31. The van der Waals surface area contributed by atoms with Crippen molar-refractivity contribution in [1.82, 2.24) is 15.0 Å². The predicted molar refractivity (Wildman–Crippen MR) is 95.4 cm³/mol. The molecule has 0 amide bonds. The Morgan fingerprint density at radius 2 is 2.12 bits per heavy atom. The highest BCUT2D eigenvalue weighted by molar-refractivity contribution is 5.44. The number of hydrogen-bond acceptors (Lipinski definition) is 6. The maximum atomic E-state index is 5.64. The van der Waals surface area contributed by atoms with Gasteiger partial charge in [0.15, 0.2) is 0 Å². The highest BCUT2D eigenvalue weighted by Gasteiger charge is 2.16. The van der Waals surface area contributed by atoms with E-state index < -0.39 is 0 Å². The Bertz CT molecular complexity index is 643. The van der Waals surface area contributed by atoms with E-state index in [1.165, 1.54) is 5.56 Å². The largest absolute Gasteiger partial charge is 0.376 e. The van der Waals surface area contributed by atoms with Crippen molar-refractivity contribution in [3.05, 3.63) is 41.9 Å². The van der Waals surface area contributed by atoms with Crippen molar-refractivity contribution < 1.29 is 4.74 Å². The molecular formula is C18H25N5O. The molecule has 1 unspecified atom stereocenters. The van der Waals surface area contributed by atoms with E-state index in [2.05, 4.69) is 32.2 Å². The number of hydrogen-bond donors (Lipinski definition) is 1. The first-order chi connectivity index (χ1) is 11.7. The van der Waals surface area contributed by atoms with Crippen molar-refractivity contribution in [2.24, 2.45) is 0 Å². The fourth-order valence-electron chi connectivity index (χ4n) is 2.80. The van der Waals surface area contributed by atoms with Gasteiger partial charge in [-0.05, 0) is 43.9 Å². The molecule has 0 bridgehead atoms. The Labute approximate surface area is 143 Å². The van der Waals surface area contributed by atoms with Gasteiger partial charge in [-0.1, -0.05) is 0 Å². The van der Waals surface area contributed by atoms with E-state index in [0.717, 1.165) is 50.5 Å². The van der Waals surface area contributed by atoms with Crippen LogP contribution >= 0.6 is 0 Å². The molecule has 2 aromatic rings. The number of rotatable bonds is 7. The van der Waals surface area contributed by atoms with Gasteiger partial charge in [0.25, 0.3) is 0 Å². The third-order valence-corrected chi connectivity index (χ3v) is 4.23. The molecule has 0 aliphatic carbocycles. The highest BCUT2D eigenvalue weighted by atomic mass is 16.5. The summed E-state index contributed by atoms with van der Waals surface area (Å²) in [5.74, 6) is 1.61. The van der Waals surface area contributed by atoms with Gasteiger partial charge in [-0.2, -0.15) is 4.98 Å². The molecule has 1 fully saturated rings. The first kappa shape index (κ1) is 16.6. The van der Waals surface area contributed by atoms with Gasteiger partial charge in [0.2, 0.25) is 5.95 Å². The zero-order valence-corrected chi connectivity index (χ0v) is 14.4. The fourth-order valence-corrected chi connectivity index (χ4v) is 2.80. The van der Waals surface area contributed by atoms with Crippen LogP contribution in [0.4, 0.5) is 11.8 Å². The van der Waals surface area contributed by atoms with Gasteiger partial charge in [-0.25, -0.2) is 4.98 Å². The summed E-state index contributed by atoms with van der Waals surface area (Å²) in [6.45, 7) is 4.53. The standard InChI is InChI=1S/C18H25N5O/c1-14-12-17(23(2)10-7-15-5-8-19-9-6-15)22-18(21-14)20-13-16-4-3-11-24-16/h5-6,8-9,12,16H,3-4,7,10-11,13H2,1-2H3,(H,20,21,22). The van der Waals surface area contributed by atoms with Crippen LogP contribution in [-0.4, -0.2) is 47.8 Å². The van der Waals surface area contributed by atoms with Gasteiger partial charge in [0.1, 0.15) is 5.82 Å². The average Bonchev–Trinajstić information content (AvgIpc) is 3.12. The number of nitrogens with zero attached hydrogens (tertiary/aromatic N) is 4. The van der Waals surface area contributed by atoms with Gasteiger partial charge in [0, 0.05) is 50.9 Å². The zero-order chi connectivity index (χ0) is 16.8. The summed E-state index contributed by atoms with van der Waals surface area (Å²) in [6.07, 6.45) is 7.15. The van der Waals surface area contributed by atoms with Gasteiger partial charge in [-0.3, -0.25) is 4.98 Å². The van der Waals surface area contributed by atoms with Crippen molar-refractivity contribution in [3.8, 4) is 0 Å². The third-order valence-electron chi connectivity index (χ3n) is 4.23. The van der Waals surface area contributed by atoms with Crippen molar-refractivity contribution in [1.29, 1.82) is 0 Å². The summed E-state index contributed by atoms with van der Waals surface area (Å²) >= 11 is 0. The molecule has 1 aliphatic rings. The first-order valence-corrected chi connectivity index (χ1v) is 8.52. The topological polar surface area (TPSA) is 63.2 Å². The Balaban J connectivity index is 1.59. The van der Waals surface area contributed by atoms with Crippen LogP contribution in [-0.2, 0) is 11.2 Å². The molecule has 128 valence electrons. The van der Waals surface area contributed by atoms with E-state index >= 15 is 0 Å². The number of likely N-dealkylation sites (N-methyl/N-ethyl adjacent to an activating group) is 1. The second kappa shape index (κ2) is 8.06. The third kappa shape index (κ3) is 4.64. The Hall–Kier alpha value is -2.21. The van der Waals surface area contributed by atoms with E-state index in [0.29, 0.717) is 5.95 Å². The highest BCUT2D eigenvalue weighted by Crippen LogP contribution is 2.16. The van der Waals surface area contributed by atoms with E-state index in [1.807, 2.05) is 37.5 Å². The number of pyridine rings is 1. The van der Waals surface area contributed by atoms with Crippen LogP contribution in [0.3, 0.4) is 0 Å². The molecule has 24 heavy (non-hydrogen) atoms. The van der Waals surface area contributed by atoms with Crippen LogP contribution in [0.15, 0.2) is 30.6 Å². The molecule has 1 atom stereocenters. The molecule has 0 saturated carbocycles. The molecule has 1 saturated heterocycles. The number of aryl methyl sites for hydroxylation is 1. The number of nitrogens with one attached hydrogen (secondary N) is 1. The maximum Gasteiger partial charge on any atom is 0.224 e. The van der Waals surface area contributed by atoms with Crippen LogP contribution in [0.2, 0.25) is 0 Å². The second-order valence-electron chi connectivity index (χ2n) is 6.23. The van der Waals surface area contributed by atoms with E-state index in [-0.39, 0.29) is 6.10 Å². The number of aromatic nitrogens is 3. The van der Waals surface area contributed by atoms with Gasteiger partial charge < -0.3 is 15.0 Å². The van der Waals surface area contributed by atoms with Crippen LogP contribution in [0.25, 0.3) is 0 Å². The predicted octanol–water partition coefficient (Wildman–Crippen LogP) is 2.45. The fraction of sp³-hybridized carbons (Fsp3) is 0.500. The van der Waals surface area contributed by atoms with Crippen molar-refractivity contribution >= 4 is 11.8 Å². The normalized spacial score (nSPS) is 17.0. The van der Waals surface area contributed by atoms with Crippen LogP contribution in [0.5, 0.6) is 0 Å². The van der Waals surface area contributed by atoms with Crippen LogP contribution in [0, 0.1) is 6.92 Å². The Morgan fingerprint density at radius 3 is 2.88 bits per heavy atom. The lowest BCUT2D eigenvalue weighted by Gasteiger charge is -2.20. The molecule has 0 radical (unpaired) electrons. The van der Waals surface area contributed by atoms with Gasteiger partial charge in [-0.15, -0.1) is 0 Å². The SMILES string of the molecule is Cc1cc(N(C)CCc2ccncc2)nc(NCC2CCCO2)n1. The van der Waals surface area contributed by atoms with E-state index in [4.69, 9.17) is 4.74 Å². The molecule has 6 heteroatoms. The summed E-state index contributed by atoms with van der Waals surface area (Å²) in [7, 11) is 2.06. The lowest BCUT2D eigenvalue weighted by Crippen LogP contribution is -2.23. The summed E-state index contributed by atoms with van der Waals surface area (Å²) < 4.78 is 5.64. The number of anilines is 2. The molecule has 0 spiro atoms. The lowest BCUT2D eigenvalue weighted by atomic mass is 10.2. The molecule has 1 N–H and O–H groups in total. The Morgan fingerprint density at radius 1 is 1.29 bits per heavy atom. The minimum absolute atomic E-state index is 0.280. The lowest BCUT2D eigenvalue weighted by molar-refractivity contribution is 0.120. The maximum absolute atomic E-state index is 5.64. The molecule has 1 aliphatic heterocycles. The quantitative estimate of drug-likeness (QED) is 0.843. The smallest absolute Gasteiger partial charge is 0.224 e. The summed E-state index contributed by atoms with van der Waals surface area (Å²) in [6, 6.07) is 6.12. The first-order valence-electron chi connectivity index (χ1n) is 8.52. The van der Waals surface area contributed by atoms with E-state index in [1.54, 1.807) is 0 Å². The molecule has 3 heterocycles. The van der Waals surface area contributed by atoms with E-state index in [9.17, 15) is 0 Å². The minimum atomic E-state index is 0.280. The minimum Gasteiger partial charge on any atom is -0.376 e. The van der Waals surface area contributed by atoms with Crippen LogP contribution in [0.1, 0.15) is 24.1 Å². The van der Waals surface area contributed by atoms with Crippen LogP contribution < -0.4 is 10.2 Å². The zero-order valence-electron chi connectivity index (χ0n) is 14.4. The molecule has 2 aromatic heterocycles. The van der Waals surface area contributed by atoms with Gasteiger partial charge >= 0.3 is 0 Å². The van der Waals surface area contributed by atoms with Crippen molar-refractivity contribution in [2.45, 2.75) is 32.3 Å². The second-order valence-corrected chi connectivity index (χ2v) is 6.23.